The first-order chi connectivity index (χ1) is 15.0. The summed E-state index contributed by atoms with van der Waals surface area (Å²) in [7, 11) is 3.41. The van der Waals surface area contributed by atoms with E-state index >= 15 is 0 Å². The smallest absolute Gasteiger partial charge is 0.309 e. The van der Waals surface area contributed by atoms with Gasteiger partial charge in [0.2, 0.25) is 5.91 Å². The maximum atomic E-state index is 12.0. The first-order valence-corrected chi connectivity index (χ1v) is 11.1. The molecule has 0 aromatic heterocycles. The molecular weight excluding hydrogens is 430 g/mol. The summed E-state index contributed by atoms with van der Waals surface area (Å²) < 4.78 is 11.3. The second kappa shape index (κ2) is 10.1. The first kappa shape index (κ1) is 24.3. The number of amides is 1. The van der Waals surface area contributed by atoms with Crippen LogP contribution in [0.5, 0.6) is 0 Å². The van der Waals surface area contributed by atoms with Gasteiger partial charge in [-0.2, -0.15) is 0 Å². The summed E-state index contributed by atoms with van der Waals surface area (Å²) in [4.78, 5) is 25.2. The quantitative estimate of drug-likeness (QED) is 0.551. The van der Waals surface area contributed by atoms with Crippen molar-refractivity contribution in [3.8, 4) is 11.8 Å². The Morgan fingerprint density at radius 1 is 1.28 bits per heavy atom. The second-order valence-electron chi connectivity index (χ2n) is 9.22. The molecule has 0 saturated carbocycles. The number of halogens is 1. The minimum Gasteiger partial charge on any atom is -0.449 e. The minimum absolute atomic E-state index is 0.00703. The largest absolute Gasteiger partial charge is 0.449 e. The van der Waals surface area contributed by atoms with Crippen molar-refractivity contribution in [2.75, 3.05) is 20.7 Å². The van der Waals surface area contributed by atoms with Crippen LogP contribution in [0.2, 0.25) is 5.02 Å². The van der Waals surface area contributed by atoms with E-state index in [-0.39, 0.29) is 30.5 Å². The fourth-order valence-corrected chi connectivity index (χ4v) is 4.22. The highest BCUT2D eigenvalue weighted by Gasteiger charge is 2.36. The number of carbonyl (C=O) groups excluding carboxylic acids is 2. The molecule has 1 aliphatic carbocycles. The number of esters is 1. The van der Waals surface area contributed by atoms with Crippen molar-refractivity contribution < 1.29 is 24.2 Å². The molecule has 3 unspecified atom stereocenters. The maximum absolute atomic E-state index is 12.0. The lowest BCUT2D eigenvalue weighted by Crippen LogP contribution is -2.34. The molecule has 3 rings (SSSR count). The molecule has 1 aromatic carbocycles. The zero-order valence-corrected chi connectivity index (χ0v) is 19.7. The summed E-state index contributed by atoms with van der Waals surface area (Å²) in [6.07, 6.45) is 0.109. The molecule has 7 heteroatoms. The van der Waals surface area contributed by atoms with Crippen molar-refractivity contribution in [3.05, 3.63) is 40.4 Å². The van der Waals surface area contributed by atoms with Gasteiger partial charge >= 0.3 is 5.97 Å². The van der Waals surface area contributed by atoms with Crippen molar-refractivity contribution in [1.29, 1.82) is 0 Å². The molecule has 0 spiro atoms. The van der Waals surface area contributed by atoms with Crippen molar-refractivity contribution in [2.45, 2.75) is 57.8 Å². The summed E-state index contributed by atoms with van der Waals surface area (Å²) in [5.74, 6) is 5.81. The van der Waals surface area contributed by atoms with Gasteiger partial charge in [-0.15, -0.1) is 0 Å². The average molecular weight is 460 g/mol. The van der Waals surface area contributed by atoms with Gasteiger partial charge in [-0.05, 0) is 29.7 Å². The van der Waals surface area contributed by atoms with E-state index in [1.165, 1.54) is 4.90 Å². The molecule has 0 radical (unpaired) electrons. The lowest BCUT2D eigenvalue weighted by molar-refractivity contribution is -0.155. The van der Waals surface area contributed by atoms with Crippen LogP contribution in [0.1, 0.15) is 45.1 Å². The molecule has 1 N–H and O–H groups in total. The van der Waals surface area contributed by atoms with Gasteiger partial charge in [-0.25, -0.2) is 0 Å². The molecule has 1 amide bonds. The van der Waals surface area contributed by atoms with Gasteiger partial charge in [0.15, 0.2) is 6.10 Å². The Kier molecular flexibility index (Phi) is 7.66. The SMILES string of the molecule is CN(C)C(=O)COC1CC(c2ccc(Cl)cc2)=C(C#CC2CC(O)CC(=O)O2)C(C)(C)C1. The summed E-state index contributed by atoms with van der Waals surface area (Å²) in [5, 5.41) is 10.5. The van der Waals surface area contributed by atoms with Crippen molar-refractivity contribution in [1.82, 2.24) is 4.90 Å². The Balaban J connectivity index is 1.94. The fourth-order valence-electron chi connectivity index (χ4n) is 4.09. The van der Waals surface area contributed by atoms with Crippen molar-refractivity contribution >= 4 is 29.1 Å². The maximum Gasteiger partial charge on any atom is 0.309 e. The fraction of sp³-hybridized carbons (Fsp3) is 0.520. The number of hydrogen-bond donors (Lipinski definition) is 1. The predicted molar refractivity (Wildman–Crippen MR) is 123 cm³/mol. The summed E-state index contributed by atoms with van der Waals surface area (Å²) >= 11 is 6.09. The van der Waals surface area contributed by atoms with Gasteiger partial charge < -0.3 is 19.5 Å². The van der Waals surface area contributed by atoms with Gasteiger partial charge in [-0.1, -0.05) is 49.4 Å². The van der Waals surface area contributed by atoms with Crippen LogP contribution < -0.4 is 0 Å². The molecule has 1 fully saturated rings. The number of aliphatic hydroxyl groups excluding tert-OH is 1. The highest BCUT2D eigenvalue weighted by atomic mass is 35.5. The van der Waals surface area contributed by atoms with Gasteiger partial charge in [0, 0.05) is 42.9 Å². The van der Waals surface area contributed by atoms with E-state index in [1.54, 1.807) is 14.1 Å². The summed E-state index contributed by atoms with van der Waals surface area (Å²) in [5.41, 5.74) is 2.62. The molecule has 0 bridgehead atoms. The van der Waals surface area contributed by atoms with E-state index in [0.29, 0.717) is 24.3 Å². The molecule has 1 heterocycles. The monoisotopic (exact) mass is 459 g/mol. The second-order valence-corrected chi connectivity index (χ2v) is 9.65. The van der Waals surface area contributed by atoms with Gasteiger partial charge in [0.1, 0.15) is 6.61 Å². The standard InChI is InChI=1S/C25H30ClNO5/c1-25(2)14-20(31-15-23(29)27(3)4)13-21(16-5-7-17(26)8-6-16)22(25)10-9-19-11-18(28)12-24(30)32-19/h5-8,18-20,28H,11-15H2,1-4H3. The molecule has 2 aliphatic rings. The van der Waals surface area contributed by atoms with E-state index < -0.39 is 18.2 Å². The molecular formula is C25H30ClNO5. The number of hydrogen-bond acceptors (Lipinski definition) is 5. The number of aliphatic hydroxyl groups is 1. The molecule has 32 heavy (non-hydrogen) atoms. The number of carbonyl (C=O) groups is 2. The topological polar surface area (TPSA) is 76.1 Å². The van der Waals surface area contributed by atoms with E-state index in [2.05, 4.69) is 25.7 Å². The van der Waals surface area contributed by atoms with Crippen LogP contribution in [0.15, 0.2) is 29.8 Å². The number of allylic oxidation sites excluding steroid dienone is 1. The molecule has 1 saturated heterocycles. The van der Waals surface area contributed by atoms with Crippen LogP contribution in [0, 0.1) is 17.3 Å². The van der Waals surface area contributed by atoms with E-state index in [9.17, 15) is 14.7 Å². The first-order valence-electron chi connectivity index (χ1n) is 10.8. The van der Waals surface area contributed by atoms with Crippen LogP contribution in [0.3, 0.4) is 0 Å². The number of benzene rings is 1. The van der Waals surface area contributed by atoms with E-state index in [0.717, 1.165) is 16.7 Å². The van der Waals surface area contributed by atoms with Gasteiger partial charge in [0.25, 0.3) is 0 Å². The predicted octanol–water partition coefficient (Wildman–Crippen LogP) is 3.46. The van der Waals surface area contributed by atoms with E-state index in [4.69, 9.17) is 21.1 Å². The highest BCUT2D eigenvalue weighted by molar-refractivity contribution is 6.30. The van der Waals surface area contributed by atoms with E-state index in [1.807, 2.05) is 24.3 Å². The third-order valence-electron chi connectivity index (χ3n) is 5.80. The Morgan fingerprint density at radius 3 is 2.59 bits per heavy atom. The van der Waals surface area contributed by atoms with Crippen LogP contribution in [-0.4, -0.2) is 60.9 Å². The normalized spacial score (nSPS) is 24.9. The molecule has 172 valence electrons. The zero-order valence-electron chi connectivity index (χ0n) is 19.0. The number of ether oxygens (including phenoxy) is 2. The zero-order chi connectivity index (χ0) is 23.5. The summed E-state index contributed by atoms with van der Waals surface area (Å²) in [6, 6.07) is 7.57. The van der Waals surface area contributed by atoms with Crippen LogP contribution in [0.25, 0.3) is 5.57 Å². The van der Waals surface area contributed by atoms with Gasteiger partial charge in [-0.3, -0.25) is 9.59 Å². The van der Waals surface area contributed by atoms with Crippen molar-refractivity contribution in [2.24, 2.45) is 5.41 Å². The van der Waals surface area contributed by atoms with Gasteiger partial charge in [0.05, 0.1) is 18.6 Å². The Hall–Kier alpha value is -2.33. The molecule has 3 atom stereocenters. The van der Waals surface area contributed by atoms with Crippen molar-refractivity contribution in [3.63, 3.8) is 0 Å². The average Bonchev–Trinajstić information content (AvgIpc) is 2.70. The summed E-state index contributed by atoms with van der Waals surface area (Å²) in [6.45, 7) is 4.22. The van der Waals surface area contributed by atoms with Crippen LogP contribution >= 0.6 is 11.6 Å². The highest BCUT2D eigenvalue weighted by Crippen LogP contribution is 2.45. The van der Waals surface area contributed by atoms with Crippen LogP contribution in [-0.2, 0) is 19.1 Å². The third kappa shape index (κ3) is 6.13. The Bertz CT molecular complexity index is 955. The lowest BCUT2D eigenvalue weighted by atomic mass is 9.70. The number of rotatable bonds is 4. The van der Waals surface area contributed by atoms with Crippen LogP contribution in [0.4, 0.5) is 0 Å². The number of nitrogens with zero attached hydrogens (tertiary/aromatic N) is 1. The molecule has 6 nitrogen and oxygen atoms in total. The Labute approximate surface area is 194 Å². The molecule has 1 aliphatic heterocycles. The number of likely N-dealkylation sites (N-methyl/N-ethyl adjacent to an activating group) is 1. The Morgan fingerprint density at radius 2 is 1.97 bits per heavy atom. The molecule has 1 aromatic rings. The third-order valence-corrected chi connectivity index (χ3v) is 6.05. The lowest BCUT2D eigenvalue weighted by Gasteiger charge is -2.37. The minimum atomic E-state index is -0.730. The number of cyclic esters (lactones) is 1.